The summed E-state index contributed by atoms with van der Waals surface area (Å²) in [6.07, 6.45) is 2.90. The van der Waals surface area contributed by atoms with Gasteiger partial charge in [-0.2, -0.15) is 0 Å². The maximum Gasteiger partial charge on any atom is 0.482 e. The number of hydrogen-bond donors (Lipinski definition) is 0. The molecule has 0 saturated carbocycles. The first kappa shape index (κ1) is 29.5. The summed E-state index contributed by atoms with van der Waals surface area (Å²) in [6.45, 7) is 3.03. The molecule has 0 fully saturated rings. The molecule has 0 amide bonds. The predicted octanol–water partition coefficient (Wildman–Crippen LogP) is 4.82. The zero-order valence-electron chi connectivity index (χ0n) is 22.3. The molecule has 0 aliphatic carbocycles. The summed E-state index contributed by atoms with van der Waals surface area (Å²) in [5.41, 5.74) is 3.89. The lowest BCUT2D eigenvalue weighted by Crippen LogP contribution is -2.15. The van der Waals surface area contributed by atoms with Gasteiger partial charge in [0.1, 0.15) is 6.73 Å². The van der Waals surface area contributed by atoms with E-state index in [2.05, 4.69) is 11.0 Å². The van der Waals surface area contributed by atoms with Crippen molar-refractivity contribution < 1.29 is 37.2 Å². The van der Waals surface area contributed by atoms with Gasteiger partial charge in [-0.3, -0.25) is 14.1 Å². The lowest BCUT2D eigenvalue weighted by Gasteiger charge is -2.18. The number of likely N-dealkylation sites (N-methyl/N-ethyl adjacent to an activating group) is 1. The number of benzene rings is 2. The summed E-state index contributed by atoms with van der Waals surface area (Å²) in [4.78, 5) is 25.7. The minimum absolute atomic E-state index is 0.0226. The molecular formula is C27H35N2O8P. The number of carbonyl (C=O) groups is 2. The van der Waals surface area contributed by atoms with Gasteiger partial charge in [-0.1, -0.05) is 48.9 Å². The van der Waals surface area contributed by atoms with Gasteiger partial charge in [0, 0.05) is 24.5 Å². The van der Waals surface area contributed by atoms with Crippen molar-refractivity contribution >= 4 is 30.7 Å². The van der Waals surface area contributed by atoms with Crippen molar-refractivity contribution in [2.24, 2.45) is 0 Å². The maximum atomic E-state index is 13.3. The summed E-state index contributed by atoms with van der Waals surface area (Å²) < 4.78 is 41.1. The van der Waals surface area contributed by atoms with Crippen LogP contribution in [0.4, 0.5) is 0 Å². The van der Waals surface area contributed by atoms with E-state index in [1.54, 1.807) is 23.6 Å². The molecule has 1 atom stereocenters. The molecule has 206 valence electrons. The topological polar surface area (TPSA) is 106 Å². The van der Waals surface area contributed by atoms with Crippen LogP contribution in [0, 0.1) is 6.92 Å². The molecule has 3 rings (SSSR count). The van der Waals surface area contributed by atoms with E-state index in [1.807, 2.05) is 57.5 Å². The van der Waals surface area contributed by atoms with E-state index in [4.69, 9.17) is 23.0 Å². The zero-order valence-corrected chi connectivity index (χ0v) is 23.1. The Balaban J connectivity index is 1.69. The number of carbonyl (C=O) groups excluding carboxylic acids is 2. The zero-order chi connectivity index (χ0) is 27.5. The smallest absolute Gasteiger partial charge is 0.438 e. The quantitative estimate of drug-likeness (QED) is 0.151. The van der Waals surface area contributed by atoms with Crippen molar-refractivity contribution in [1.82, 2.24) is 9.47 Å². The van der Waals surface area contributed by atoms with Crippen LogP contribution in [0.25, 0.3) is 10.9 Å². The van der Waals surface area contributed by atoms with Gasteiger partial charge in [0.05, 0.1) is 11.9 Å². The largest absolute Gasteiger partial charge is 0.482 e. The van der Waals surface area contributed by atoms with E-state index in [1.165, 1.54) is 0 Å². The number of ether oxygens (including phenoxy) is 2. The van der Waals surface area contributed by atoms with Crippen molar-refractivity contribution in [3.8, 4) is 0 Å². The molecule has 3 aromatic rings. The highest BCUT2D eigenvalue weighted by atomic mass is 31.2. The molecular weight excluding hydrogens is 511 g/mol. The number of phosphoric acid groups is 1. The van der Waals surface area contributed by atoms with Crippen molar-refractivity contribution in [3.63, 3.8) is 0 Å². The average molecular weight is 547 g/mol. The van der Waals surface area contributed by atoms with E-state index in [0.717, 1.165) is 40.6 Å². The number of rotatable bonds is 15. The summed E-state index contributed by atoms with van der Waals surface area (Å²) in [5, 5.41) is 1.07. The van der Waals surface area contributed by atoms with E-state index >= 15 is 0 Å². The molecule has 0 spiro atoms. The van der Waals surface area contributed by atoms with Crippen molar-refractivity contribution in [2.75, 3.05) is 34.2 Å². The summed E-state index contributed by atoms with van der Waals surface area (Å²) in [5.74, 6) is -1.11. The number of aryl methyl sites for hydroxylation is 1. The fourth-order valence-corrected chi connectivity index (χ4v) is 4.46. The van der Waals surface area contributed by atoms with E-state index in [0.29, 0.717) is 0 Å². The average Bonchev–Trinajstić information content (AvgIpc) is 3.23. The fraction of sp³-hybridized carbons (Fsp3) is 0.407. The lowest BCUT2D eigenvalue weighted by atomic mass is 10.1. The van der Waals surface area contributed by atoms with Gasteiger partial charge in [0.15, 0.2) is 0 Å². The SMILES string of the molecule is CCC(=O)OCOP(=O)(OCOC(=O)Cc1ccccc1)OCn1cc(CCN(C)C)c2cc(C)ccc21. The Morgan fingerprint density at radius 3 is 2.29 bits per heavy atom. The number of phosphoric ester groups is 1. The van der Waals surface area contributed by atoms with Gasteiger partial charge in [-0.05, 0) is 50.7 Å². The van der Waals surface area contributed by atoms with Crippen molar-refractivity contribution in [3.05, 3.63) is 71.4 Å². The van der Waals surface area contributed by atoms with Crippen LogP contribution in [0.3, 0.4) is 0 Å². The van der Waals surface area contributed by atoms with Crippen LogP contribution in [0.5, 0.6) is 0 Å². The van der Waals surface area contributed by atoms with Gasteiger partial charge >= 0.3 is 19.8 Å². The Bertz CT molecular complexity index is 1260. The molecule has 0 bridgehead atoms. The monoisotopic (exact) mass is 546 g/mol. The van der Waals surface area contributed by atoms with Crippen LogP contribution in [-0.2, 0) is 56.8 Å². The van der Waals surface area contributed by atoms with Crippen LogP contribution in [-0.4, -0.2) is 55.6 Å². The Morgan fingerprint density at radius 1 is 0.947 bits per heavy atom. The van der Waals surface area contributed by atoms with E-state index in [9.17, 15) is 14.2 Å². The van der Waals surface area contributed by atoms with E-state index in [-0.39, 0.29) is 19.6 Å². The molecule has 1 unspecified atom stereocenters. The second kappa shape index (κ2) is 14.2. The first-order valence-electron chi connectivity index (χ1n) is 12.3. The number of hydrogen-bond acceptors (Lipinski definition) is 9. The van der Waals surface area contributed by atoms with Gasteiger partial charge in [0.2, 0.25) is 13.6 Å². The summed E-state index contributed by atoms with van der Waals surface area (Å²) in [6, 6.07) is 15.1. The number of nitrogens with zero attached hydrogens (tertiary/aromatic N) is 2. The van der Waals surface area contributed by atoms with Gasteiger partial charge in [-0.25, -0.2) is 13.6 Å². The molecule has 0 radical (unpaired) electrons. The summed E-state index contributed by atoms with van der Waals surface area (Å²) >= 11 is 0. The molecule has 0 saturated heterocycles. The minimum Gasteiger partial charge on any atom is -0.438 e. The number of fused-ring (bicyclic) bond motifs is 1. The standard InChI is InChI=1S/C27H35N2O8P/c1-5-26(30)33-19-36-38(32,37-20-34-27(31)16-22-9-7-6-8-10-22)35-18-29-17-23(13-14-28(3)4)24-15-21(2)11-12-25(24)29/h6-12,15,17H,5,13-14,16,18-20H2,1-4H3. The van der Waals surface area contributed by atoms with Gasteiger partial charge < -0.3 is 18.9 Å². The van der Waals surface area contributed by atoms with Crippen LogP contribution in [0.1, 0.15) is 30.0 Å². The number of aromatic nitrogens is 1. The third kappa shape index (κ3) is 9.08. The molecule has 2 aromatic carbocycles. The molecule has 1 aromatic heterocycles. The molecule has 1 heterocycles. The highest BCUT2D eigenvalue weighted by Gasteiger charge is 2.29. The molecule has 0 N–H and O–H groups in total. The second-order valence-electron chi connectivity index (χ2n) is 8.95. The predicted molar refractivity (Wildman–Crippen MR) is 142 cm³/mol. The molecule has 0 aliphatic heterocycles. The van der Waals surface area contributed by atoms with Crippen LogP contribution in [0.15, 0.2) is 54.7 Å². The second-order valence-corrected chi connectivity index (χ2v) is 10.6. The van der Waals surface area contributed by atoms with Crippen LogP contribution in [0.2, 0.25) is 0 Å². The third-order valence-corrected chi connectivity index (χ3v) is 6.92. The fourth-order valence-electron chi connectivity index (χ4n) is 3.61. The minimum atomic E-state index is -4.28. The normalized spacial score (nSPS) is 13.0. The van der Waals surface area contributed by atoms with Gasteiger partial charge in [0.25, 0.3) is 0 Å². The van der Waals surface area contributed by atoms with Crippen LogP contribution >= 0.6 is 7.82 Å². The summed E-state index contributed by atoms with van der Waals surface area (Å²) in [7, 11) is -0.262. The molecule has 10 nitrogen and oxygen atoms in total. The molecule has 38 heavy (non-hydrogen) atoms. The third-order valence-electron chi connectivity index (χ3n) is 5.64. The van der Waals surface area contributed by atoms with E-state index < -0.39 is 33.3 Å². The number of esters is 2. The van der Waals surface area contributed by atoms with Crippen LogP contribution < -0.4 is 0 Å². The first-order chi connectivity index (χ1) is 18.2. The highest BCUT2D eigenvalue weighted by molar-refractivity contribution is 7.48. The van der Waals surface area contributed by atoms with Crippen molar-refractivity contribution in [1.29, 1.82) is 0 Å². The Labute approximate surface area is 223 Å². The Hall–Kier alpha value is -3.01. The maximum absolute atomic E-state index is 13.3. The highest BCUT2D eigenvalue weighted by Crippen LogP contribution is 2.50. The first-order valence-corrected chi connectivity index (χ1v) is 13.8. The van der Waals surface area contributed by atoms with Crippen molar-refractivity contribution in [2.45, 2.75) is 39.8 Å². The lowest BCUT2D eigenvalue weighted by molar-refractivity contribution is -0.153. The Morgan fingerprint density at radius 2 is 1.63 bits per heavy atom. The Kier molecular flexibility index (Phi) is 11.1. The molecule has 0 aliphatic rings. The molecule has 11 heteroatoms. The van der Waals surface area contributed by atoms with Gasteiger partial charge in [-0.15, -0.1) is 0 Å².